The van der Waals surface area contributed by atoms with Gasteiger partial charge in [0.25, 0.3) is 0 Å². The first kappa shape index (κ1) is 48.5. The molecule has 0 saturated heterocycles. The van der Waals surface area contributed by atoms with Gasteiger partial charge in [0.05, 0.1) is 11.9 Å². The van der Waals surface area contributed by atoms with Crippen LogP contribution in [0.15, 0.2) is 48.6 Å². The fourth-order valence-electron chi connectivity index (χ4n) is 4.98. The zero-order chi connectivity index (χ0) is 33.3. The molecular formula is C38H68CaN2O4. The Kier molecular flexibility index (Phi) is 40.4. The van der Waals surface area contributed by atoms with Crippen molar-refractivity contribution in [1.82, 2.24) is 9.80 Å². The van der Waals surface area contributed by atoms with Gasteiger partial charge in [-0.05, 0) is 145 Å². The van der Waals surface area contributed by atoms with Crippen molar-refractivity contribution in [2.45, 2.75) is 156 Å². The second kappa shape index (κ2) is 37.5. The van der Waals surface area contributed by atoms with Gasteiger partial charge in [0.15, 0.2) is 0 Å². The number of nitrogens with zero attached hydrogens (tertiary/aromatic N) is 2. The van der Waals surface area contributed by atoms with E-state index in [1.54, 1.807) is 13.8 Å². The summed E-state index contributed by atoms with van der Waals surface area (Å²) in [6.07, 6.45) is 35.2. The summed E-state index contributed by atoms with van der Waals surface area (Å²) in [5, 5.41) is 22.2. The molecule has 0 amide bonds. The smallest absolute Gasteiger partial charge is 0.548 e. The average molecular weight is 657 g/mol. The Morgan fingerprint density at radius 1 is 0.467 bits per heavy atom. The van der Waals surface area contributed by atoms with Crippen molar-refractivity contribution in [2.75, 3.05) is 26.2 Å². The number of allylic oxidation sites excluding steroid dienone is 8. The van der Waals surface area contributed by atoms with Crippen LogP contribution in [0.25, 0.3) is 0 Å². The van der Waals surface area contributed by atoms with E-state index in [1.165, 1.54) is 25.7 Å². The summed E-state index contributed by atoms with van der Waals surface area (Å²) < 4.78 is 0. The molecule has 7 heteroatoms. The van der Waals surface area contributed by atoms with E-state index in [9.17, 15) is 19.8 Å². The second-order valence-corrected chi connectivity index (χ2v) is 11.7. The van der Waals surface area contributed by atoms with Gasteiger partial charge < -0.3 is 19.8 Å². The zero-order valence-electron chi connectivity index (χ0n) is 30.2. The van der Waals surface area contributed by atoms with Crippen molar-refractivity contribution in [1.29, 1.82) is 0 Å². The van der Waals surface area contributed by atoms with Gasteiger partial charge in [-0.2, -0.15) is 0 Å². The van der Waals surface area contributed by atoms with Crippen LogP contribution in [0.3, 0.4) is 0 Å². The Hall–Kier alpha value is -0.920. The minimum atomic E-state index is -0.956. The maximum absolute atomic E-state index is 11.1. The topological polar surface area (TPSA) is 86.7 Å². The van der Waals surface area contributed by atoms with Crippen molar-refractivity contribution in [3.05, 3.63) is 48.6 Å². The van der Waals surface area contributed by atoms with Gasteiger partial charge in [-0.15, -0.1) is 0 Å². The Balaban J connectivity index is -0.000000767. The third-order valence-corrected chi connectivity index (χ3v) is 7.98. The molecule has 0 aromatic carbocycles. The third-order valence-electron chi connectivity index (χ3n) is 7.98. The number of unbranched alkanes of at least 4 members (excludes halogenated alkanes) is 12. The molecule has 0 aliphatic rings. The van der Waals surface area contributed by atoms with Gasteiger partial charge in [-0.1, -0.05) is 74.3 Å². The molecular weight excluding hydrogens is 589 g/mol. The number of aliphatic carboxylic acids is 2. The van der Waals surface area contributed by atoms with Gasteiger partial charge >= 0.3 is 37.7 Å². The number of carboxylic acids is 2. The molecule has 0 N–H and O–H groups in total. The van der Waals surface area contributed by atoms with E-state index in [0.717, 1.165) is 103 Å². The molecule has 0 aliphatic carbocycles. The minimum absolute atomic E-state index is 0. The van der Waals surface area contributed by atoms with Crippen molar-refractivity contribution in [3.63, 3.8) is 0 Å². The van der Waals surface area contributed by atoms with Crippen molar-refractivity contribution < 1.29 is 19.8 Å². The van der Waals surface area contributed by atoms with Gasteiger partial charge in [-0.3, -0.25) is 9.80 Å². The Morgan fingerprint density at radius 2 is 0.689 bits per heavy atom. The van der Waals surface area contributed by atoms with Crippen molar-refractivity contribution in [3.8, 4) is 0 Å². The minimum Gasteiger partial charge on any atom is -0.548 e. The molecule has 0 saturated carbocycles. The van der Waals surface area contributed by atoms with Crippen molar-refractivity contribution in [2.24, 2.45) is 0 Å². The molecule has 0 radical (unpaired) electrons. The average Bonchev–Trinajstić information content (AvgIpc) is 3.01. The van der Waals surface area contributed by atoms with Crippen LogP contribution in [-0.4, -0.2) is 97.7 Å². The van der Waals surface area contributed by atoms with Crippen LogP contribution in [0.5, 0.6) is 0 Å². The number of carbonyl (C=O) groups excluding carboxylic acids is 2. The van der Waals surface area contributed by atoms with Crippen LogP contribution in [0.1, 0.15) is 144 Å². The summed E-state index contributed by atoms with van der Waals surface area (Å²) in [5.41, 5.74) is 0. The van der Waals surface area contributed by atoms with E-state index in [-0.39, 0.29) is 37.7 Å². The molecule has 2 unspecified atom stereocenters. The van der Waals surface area contributed by atoms with Gasteiger partial charge in [0.2, 0.25) is 0 Å². The second-order valence-electron chi connectivity index (χ2n) is 11.7. The number of carbonyl (C=O) groups is 2. The van der Waals surface area contributed by atoms with Gasteiger partial charge in [0.1, 0.15) is 0 Å². The summed E-state index contributed by atoms with van der Waals surface area (Å²) in [7, 11) is 0. The van der Waals surface area contributed by atoms with E-state index in [2.05, 4.69) is 58.4 Å². The Labute approximate surface area is 308 Å². The zero-order valence-corrected chi connectivity index (χ0v) is 32.4. The van der Waals surface area contributed by atoms with Crippen LogP contribution in [0.4, 0.5) is 0 Å². The molecule has 6 nitrogen and oxygen atoms in total. The molecule has 2 atom stereocenters. The third kappa shape index (κ3) is 32.8. The quantitative estimate of drug-likeness (QED) is 0.0511. The first-order chi connectivity index (χ1) is 21.3. The molecule has 0 fully saturated rings. The Bertz CT molecular complexity index is 674. The maximum atomic E-state index is 11.1. The van der Waals surface area contributed by atoms with E-state index >= 15 is 0 Å². The molecule has 0 aromatic rings. The van der Waals surface area contributed by atoms with Gasteiger partial charge in [0, 0.05) is 12.1 Å². The molecule has 256 valence electrons. The summed E-state index contributed by atoms with van der Waals surface area (Å²) in [5.74, 6) is -1.91. The first-order valence-corrected chi connectivity index (χ1v) is 17.6. The number of hydrogen-bond acceptors (Lipinski definition) is 6. The van der Waals surface area contributed by atoms with Crippen molar-refractivity contribution >= 4 is 49.7 Å². The standard InChI is InChI=1S/2C19H35NO2.Ca/c2*1-4-6-8-10-12-14-16-20(18(3)19(21)22)17-15-13-11-9-7-5-2;/h2*4-7,18H,8-17H2,1-3H3,(H,21,22);/q;;+2/p-2/b2*6-4+,7-5+;. The fraction of sp³-hybridized carbons (Fsp3) is 0.737. The number of hydrogen-bond donors (Lipinski definition) is 0. The Morgan fingerprint density at radius 3 is 0.867 bits per heavy atom. The predicted molar refractivity (Wildman–Crippen MR) is 191 cm³/mol. The van der Waals surface area contributed by atoms with E-state index in [4.69, 9.17) is 0 Å². The molecule has 0 aliphatic heterocycles. The molecule has 0 rings (SSSR count). The van der Waals surface area contributed by atoms with Crippen LogP contribution in [0, 0.1) is 0 Å². The van der Waals surface area contributed by atoms with Gasteiger partial charge in [-0.25, -0.2) is 0 Å². The molecule has 0 spiro atoms. The number of rotatable bonds is 28. The largest absolute Gasteiger partial charge is 2.00 e. The summed E-state index contributed by atoms with van der Waals surface area (Å²) in [6, 6.07) is -0.961. The van der Waals surface area contributed by atoms with Crippen LogP contribution >= 0.6 is 0 Å². The molecule has 0 aromatic heterocycles. The normalized spacial score (nSPS) is 13.2. The summed E-state index contributed by atoms with van der Waals surface area (Å²) in [6.45, 7) is 15.1. The monoisotopic (exact) mass is 656 g/mol. The predicted octanol–water partition coefficient (Wildman–Crippen LogP) is 7.02. The molecule has 0 bridgehead atoms. The molecule has 45 heavy (non-hydrogen) atoms. The SMILES string of the molecule is C/C=C/CCCCCN(CCCCC/C=C/C)C(C)C(=O)[O-].C/C=C/CCCCCN(CCCCC/C=C/C)C(C)C(=O)[O-].[Ca+2]. The van der Waals surface area contributed by atoms with E-state index < -0.39 is 24.0 Å². The van der Waals surface area contributed by atoms with Crippen LogP contribution in [-0.2, 0) is 9.59 Å². The summed E-state index contributed by atoms with van der Waals surface area (Å²) >= 11 is 0. The summed E-state index contributed by atoms with van der Waals surface area (Å²) in [4.78, 5) is 26.4. The first-order valence-electron chi connectivity index (χ1n) is 17.6. The maximum Gasteiger partial charge on any atom is 2.00 e. The van der Waals surface area contributed by atoms with E-state index in [0.29, 0.717) is 0 Å². The van der Waals surface area contributed by atoms with Crippen LogP contribution < -0.4 is 10.2 Å². The molecule has 0 heterocycles. The number of carboxylic acid groups (broad SMARTS) is 2. The van der Waals surface area contributed by atoms with E-state index in [1.807, 2.05) is 27.7 Å². The van der Waals surface area contributed by atoms with Crippen LogP contribution in [0.2, 0.25) is 0 Å². The fourth-order valence-corrected chi connectivity index (χ4v) is 4.98.